The maximum Gasteiger partial charge on any atom is 0.113 e. The summed E-state index contributed by atoms with van der Waals surface area (Å²) in [5.74, 6) is 105. The third-order valence-corrected chi connectivity index (χ3v) is 22.4. The number of allylic oxidation sites excluding steroid dienone is 1. The summed E-state index contributed by atoms with van der Waals surface area (Å²) in [6.07, 6.45) is 21.8. The Labute approximate surface area is 769 Å². The molecule has 2 atom stereocenters. The van der Waals surface area contributed by atoms with E-state index in [4.69, 9.17) is 171 Å². The van der Waals surface area contributed by atoms with Crippen LogP contribution in [-0.2, 0) is 0 Å². The van der Waals surface area contributed by atoms with Gasteiger partial charge in [0.15, 0.2) is 0 Å². The Morgan fingerprint density at radius 3 is 1.11 bits per heavy atom. The van der Waals surface area contributed by atoms with Gasteiger partial charge in [-0.05, 0) is 336 Å². The molecular weight excluding hydrogens is 1450 g/mol. The van der Waals surface area contributed by atoms with E-state index in [1.807, 2.05) is 55.4 Å². The molecule has 0 nitrogen and oxygen atoms in total. The summed E-state index contributed by atoms with van der Waals surface area (Å²) in [5.41, 5.74) is 12.2. The van der Waals surface area contributed by atoms with Crippen LogP contribution in [0.2, 0.25) is 5.82 Å². The first-order valence-corrected chi connectivity index (χ1v) is 38.5. The monoisotopic (exact) mass is 1500 g/mol. The lowest BCUT2D eigenvalue weighted by Gasteiger charge is -2.53. The van der Waals surface area contributed by atoms with Crippen LogP contribution in [0.15, 0.2) is 5.47 Å². The van der Waals surface area contributed by atoms with Gasteiger partial charge in [-0.2, -0.15) is 0 Å². The number of terminal acetylenes is 5. The fourth-order valence-corrected chi connectivity index (χ4v) is 17.1. The first-order chi connectivity index (χ1) is 59.3. The molecule has 0 saturated heterocycles. The molecule has 0 fully saturated rings. The molecule has 7 aromatic carbocycles. The van der Waals surface area contributed by atoms with Crippen LogP contribution in [0.5, 0.6) is 0 Å². The Balaban J connectivity index is 2.01. The fraction of sp³-hybridized carbons (Fsp3) is 0.152. The highest BCUT2D eigenvalue weighted by Crippen LogP contribution is 2.57. The smallest absolute Gasteiger partial charge is 0.113 e. The second-order valence-electron chi connectivity index (χ2n) is 28.9. The van der Waals surface area contributed by atoms with Crippen molar-refractivity contribution in [3.05, 3.63) is 111 Å². The molecule has 1 aliphatic carbocycles. The SMILES string of the molecule is [B][B]B([B])B(B([B])[B])C1=C(B(B([B])[B])B([B])[B])C(B([B][B])B([B])[B])C(B([B])B([B])[B])c2c1c([B])c([B][B])c(B([B])[B])c2-c1c(C)c(C)c(C)c2c(C)c3c(-c4c(C#CC#CC#CC#CC#C)c5c(C)c(C#C)c(C#CC)c(C#CC#C)c5c5c(C#CC#CC)c(C#CC#CC#C)c(C#CC#CC#CC)c(C#CC#CC#CC#C)c45)c(C)c(C)c(C)c3c(C)c12. The summed E-state index contributed by atoms with van der Waals surface area (Å²) in [6.45, 7) is 16.7. The maximum atomic E-state index is 7.85. The minimum absolute atomic E-state index is 0.00778. The Morgan fingerprint density at radius 2 is 0.702 bits per heavy atom. The predicted octanol–water partition coefficient (Wildman–Crippen LogP) is -0.479. The molecule has 0 aromatic heterocycles. The molecule has 0 aliphatic heterocycles. The minimum atomic E-state index is -1.43. The Kier molecular flexibility index (Phi) is 34.6. The van der Waals surface area contributed by atoms with Crippen molar-refractivity contribution in [3.8, 4) is 273 Å². The molecule has 124 heavy (non-hydrogen) atoms. The highest BCUT2D eigenvalue weighted by molar-refractivity contribution is 7.89. The summed E-state index contributed by atoms with van der Waals surface area (Å²) < 4.78 is 0. The molecule has 0 amide bonds. The van der Waals surface area contributed by atoms with Gasteiger partial charge in [0, 0.05) is 222 Å². The summed E-state index contributed by atoms with van der Waals surface area (Å²) in [4.78, 5) is 0. The second kappa shape index (κ2) is 44.0. The van der Waals surface area contributed by atoms with Gasteiger partial charge in [0.05, 0.1) is 73.0 Å². The molecular formula is C92H43B32. The van der Waals surface area contributed by atoms with Crippen LogP contribution in [0.25, 0.3) is 70.8 Å². The van der Waals surface area contributed by atoms with Gasteiger partial charge in [-0.25, -0.2) is 0 Å². The molecule has 39 radical (unpaired) electrons. The van der Waals surface area contributed by atoms with Crippen molar-refractivity contribution in [1.82, 2.24) is 0 Å². The van der Waals surface area contributed by atoms with E-state index in [0.717, 1.165) is 44.2 Å². The van der Waals surface area contributed by atoms with Gasteiger partial charge < -0.3 is 0 Å². The highest BCUT2D eigenvalue weighted by Gasteiger charge is 2.51. The summed E-state index contributed by atoms with van der Waals surface area (Å²) in [6, 6.07) is 0. The van der Waals surface area contributed by atoms with Gasteiger partial charge in [-0.15, -0.1) is 54.4 Å². The van der Waals surface area contributed by atoms with E-state index in [2.05, 4.69) is 226 Å². The quantitative estimate of drug-likeness (QED) is 0.0532. The number of hydrogen-bond acceptors (Lipinski definition) is 0. The highest BCUT2D eigenvalue weighted by atomic mass is 14.4. The van der Waals surface area contributed by atoms with Crippen molar-refractivity contribution in [2.45, 2.75) is 94.7 Å². The molecule has 0 heterocycles. The third kappa shape index (κ3) is 19.0. The van der Waals surface area contributed by atoms with Crippen molar-refractivity contribution in [1.29, 1.82) is 0 Å². The minimum Gasteiger partial charge on any atom is -0.132 e. The number of benzene rings is 7. The summed E-state index contributed by atoms with van der Waals surface area (Å²) in [5, 5.41) is 4.39. The van der Waals surface area contributed by atoms with Crippen molar-refractivity contribution in [2.75, 3.05) is 0 Å². The average molecular weight is 1490 g/mol. The van der Waals surface area contributed by atoms with Crippen molar-refractivity contribution in [3.63, 3.8) is 0 Å². The van der Waals surface area contributed by atoms with E-state index in [0.29, 0.717) is 93.5 Å². The van der Waals surface area contributed by atoms with Gasteiger partial charge in [0.2, 0.25) is 0 Å². The van der Waals surface area contributed by atoms with Crippen LogP contribution in [0.3, 0.4) is 0 Å². The first kappa shape index (κ1) is 97.6. The van der Waals surface area contributed by atoms with Gasteiger partial charge in [0.1, 0.15) is 7.85 Å². The summed E-state index contributed by atoms with van der Waals surface area (Å²) in [7, 11) is 132. The zero-order chi connectivity index (χ0) is 91.6. The Hall–Kier alpha value is -11.8. The number of aryl methyl sites for hydroxylation is 5. The van der Waals surface area contributed by atoms with E-state index in [1.54, 1.807) is 20.8 Å². The molecule has 0 N–H and O–H groups in total. The molecule has 0 spiro atoms. The van der Waals surface area contributed by atoms with Gasteiger partial charge in [-0.1, -0.05) is 81.8 Å². The lowest BCUT2D eigenvalue weighted by Crippen LogP contribution is -2.65. The van der Waals surface area contributed by atoms with E-state index in [1.165, 1.54) is 21.3 Å². The second-order valence-corrected chi connectivity index (χ2v) is 28.9. The lowest BCUT2D eigenvalue weighted by atomic mass is 8.66. The van der Waals surface area contributed by atoms with E-state index < -0.39 is 82.4 Å². The molecule has 32 heteroatoms. The molecule has 8 rings (SSSR count). The molecule has 1 aliphatic rings. The van der Waals surface area contributed by atoms with Gasteiger partial charge in [-0.3, -0.25) is 0 Å². The molecule has 2 unspecified atom stereocenters. The molecule has 0 saturated carbocycles. The van der Waals surface area contributed by atoms with Crippen LogP contribution in [0.1, 0.15) is 132 Å². The predicted molar refractivity (Wildman–Crippen MR) is 565 cm³/mol. The number of fused-ring (bicyclic) bond motifs is 6. The van der Waals surface area contributed by atoms with Crippen LogP contribution >= 0.6 is 0 Å². The number of rotatable bonds is 16. The third-order valence-electron chi connectivity index (χ3n) is 22.4. The van der Waals surface area contributed by atoms with E-state index >= 15 is 0 Å². The average Bonchev–Trinajstić information content (AvgIpc) is 0.681. The Bertz CT molecular complexity index is 7200. The first-order valence-electron chi connectivity index (χ1n) is 38.5. The zero-order valence-corrected chi connectivity index (χ0v) is 71.0. The van der Waals surface area contributed by atoms with Crippen molar-refractivity contribution < 1.29 is 0 Å². The van der Waals surface area contributed by atoms with Crippen LogP contribution in [0.4, 0.5) is 0 Å². The summed E-state index contributed by atoms with van der Waals surface area (Å²) >= 11 is 0. The lowest BCUT2D eigenvalue weighted by molar-refractivity contribution is 0.907. The molecule has 7 aromatic rings. The standard InChI is InChI=1S/C92H43B32/c1-18-26-32-36-38-39-42-47-54-71-74-61(15)64(25-8)65(48-24-7)68(49-31-23-6)79(74)80-69(52-43-30-22-5)66(50-44-35-29-21-4)67(51-45-40-34-28-20-3)70(53-46-41-37-33-27-19-2)81(80)82(71)75-59(13)55(9)57(11)72-63(17)78-73(62(16)77(72)75)58(12)56(10)60(14)76(78)83-84-85(86(93)87(111-94)88(83)114(97)98)90(118(123(108)109)124(110)113-96)92(117(121(104)105)122(106)107)91(116(112-95)120(102)103)89(84)115(99)119(100)101/h1-2,4,6,8,89,91H,3,5,7,9-17H3. The molecule has 507 valence electrons. The van der Waals surface area contributed by atoms with Crippen molar-refractivity contribution in [2.24, 2.45) is 0 Å². The topological polar surface area (TPSA) is 0 Å². The van der Waals surface area contributed by atoms with Crippen LogP contribution < -0.4 is 16.4 Å². The maximum absolute atomic E-state index is 7.85. The van der Waals surface area contributed by atoms with E-state index in [9.17, 15) is 0 Å². The Morgan fingerprint density at radius 1 is 0.306 bits per heavy atom. The molecule has 0 bridgehead atoms. The fourth-order valence-electron chi connectivity index (χ4n) is 17.1. The largest absolute Gasteiger partial charge is 0.132 e. The van der Waals surface area contributed by atoms with Crippen LogP contribution in [-0.4, -0.2) is 231 Å². The van der Waals surface area contributed by atoms with Gasteiger partial charge in [0.25, 0.3) is 0 Å². The zero-order valence-electron chi connectivity index (χ0n) is 71.0. The van der Waals surface area contributed by atoms with Crippen molar-refractivity contribution >= 4 is 296 Å². The van der Waals surface area contributed by atoms with Gasteiger partial charge >= 0.3 is 0 Å². The van der Waals surface area contributed by atoms with Crippen LogP contribution in [0, 0.1) is 313 Å². The normalized spacial score (nSPS) is 10.9. The van der Waals surface area contributed by atoms with E-state index in [-0.39, 0.29) is 60.7 Å². The number of hydrogen-bond donors (Lipinski definition) is 0.